The second-order valence-electron chi connectivity index (χ2n) is 7.71. The van der Waals surface area contributed by atoms with Crippen molar-refractivity contribution in [2.24, 2.45) is 11.8 Å². The summed E-state index contributed by atoms with van der Waals surface area (Å²) in [5.74, 6) is -0.353. The van der Waals surface area contributed by atoms with Gasteiger partial charge in [0, 0.05) is 19.4 Å². The molecule has 0 radical (unpaired) electrons. The van der Waals surface area contributed by atoms with Gasteiger partial charge in [-0.3, -0.25) is 4.79 Å². The molecule has 2 bridgehead atoms. The van der Waals surface area contributed by atoms with E-state index in [-0.39, 0.29) is 23.4 Å². The van der Waals surface area contributed by atoms with Crippen molar-refractivity contribution in [1.29, 1.82) is 0 Å². The summed E-state index contributed by atoms with van der Waals surface area (Å²) in [5.41, 5.74) is -0.316. The molecular weight excluding hydrogens is 364 g/mol. The molecule has 4 saturated heterocycles. The number of aliphatic hydroxyl groups excluding tert-OH is 1. The fourth-order valence-corrected chi connectivity index (χ4v) is 5.11. The first kappa shape index (κ1) is 19.7. The number of hydrogen-bond donors (Lipinski definition) is 3. The molecule has 0 aliphatic carbocycles. The number of ether oxygens (including phenoxy) is 2. The third kappa shape index (κ3) is 4.28. The van der Waals surface area contributed by atoms with Crippen molar-refractivity contribution in [3.8, 4) is 0 Å². The molecule has 0 aromatic rings. The van der Waals surface area contributed by atoms with Crippen LogP contribution < -0.4 is 10.6 Å². The van der Waals surface area contributed by atoms with Gasteiger partial charge in [-0.25, -0.2) is 0 Å². The predicted octanol–water partition coefficient (Wildman–Crippen LogP) is 1.65. The van der Waals surface area contributed by atoms with Gasteiger partial charge in [-0.15, -0.1) is 11.8 Å². The van der Waals surface area contributed by atoms with Crippen molar-refractivity contribution in [3.05, 3.63) is 0 Å². The van der Waals surface area contributed by atoms with Crippen molar-refractivity contribution in [1.82, 2.24) is 10.6 Å². The van der Waals surface area contributed by atoms with Crippen LogP contribution in [0.3, 0.4) is 0 Å². The van der Waals surface area contributed by atoms with E-state index < -0.39 is 16.9 Å². The highest BCUT2D eigenvalue weighted by Gasteiger charge is 2.60. The number of nitrogens with one attached hydrogen (secondary N) is 2. The SMILES string of the molecule is CCC1CNCC(C(=O)NC(C)(Cl)CC23CC(O2)[C@H](O)[C@@H](SC)O3)C1. The average Bonchev–Trinajstić information content (AvgIpc) is 2.54. The number of aliphatic hydroxyl groups is 1. The number of halogens is 1. The van der Waals surface area contributed by atoms with E-state index in [4.69, 9.17) is 21.1 Å². The largest absolute Gasteiger partial charge is 0.387 e. The average molecular weight is 393 g/mol. The van der Waals surface area contributed by atoms with Gasteiger partial charge < -0.3 is 25.2 Å². The summed E-state index contributed by atoms with van der Waals surface area (Å²) in [6, 6.07) is 0. The highest BCUT2D eigenvalue weighted by atomic mass is 35.5. The molecule has 4 heterocycles. The maximum atomic E-state index is 12.6. The second-order valence-corrected chi connectivity index (χ2v) is 9.48. The Bertz CT molecular complexity index is 501. The van der Waals surface area contributed by atoms with Crippen LogP contribution in [0, 0.1) is 11.8 Å². The summed E-state index contributed by atoms with van der Waals surface area (Å²) in [7, 11) is 0. The Labute approximate surface area is 158 Å². The number of thioether (sulfide) groups is 1. The highest BCUT2D eigenvalue weighted by molar-refractivity contribution is 7.99. The summed E-state index contributed by atoms with van der Waals surface area (Å²) >= 11 is 8.07. The minimum absolute atomic E-state index is 0.0207. The van der Waals surface area contributed by atoms with Crippen LogP contribution in [-0.2, 0) is 14.3 Å². The van der Waals surface area contributed by atoms with Gasteiger partial charge in [-0.05, 0) is 32.1 Å². The lowest BCUT2D eigenvalue weighted by molar-refractivity contribution is -0.413. The molecule has 4 fully saturated rings. The Morgan fingerprint density at radius 3 is 2.84 bits per heavy atom. The first-order valence-electron chi connectivity index (χ1n) is 9.05. The normalized spacial score (nSPS) is 43.0. The third-order valence-corrected chi connectivity index (χ3v) is 6.54. The molecule has 25 heavy (non-hydrogen) atoms. The Kier molecular flexibility index (Phi) is 5.93. The number of rotatable bonds is 6. The maximum Gasteiger partial charge on any atom is 0.225 e. The number of carbonyl (C=O) groups excluding carboxylic acids is 1. The van der Waals surface area contributed by atoms with Gasteiger partial charge in [0.25, 0.3) is 0 Å². The van der Waals surface area contributed by atoms with Gasteiger partial charge in [0.15, 0.2) is 5.79 Å². The molecule has 6 nitrogen and oxygen atoms in total. The van der Waals surface area contributed by atoms with E-state index in [9.17, 15) is 9.90 Å². The van der Waals surface area contributed by atoms with Gasteiger partial charge >= 0.3 is 0 Å². The van der Waals surface area contributed by atoms with Crippen molar-refractivity contribution >= 4 is 29.3 Å². The number of piperidine rings is 1. The molecule has 8 heteroatoms. The molecular formula is C17H29ClN2O4S. The molecule has 4 aliphatic rings. The van der Waals surface area contributed by atoms with Crippen LogP contribution in [0.5, 0.6) is 0 Å². The number of hydrogen-bond acceptors (Lipinski definition) is 6. The van der Waals surface area contributed by atoms with Crippen LogP contribution >= 0.6 is 23.4 Å². The van der Waals surface area contributed by atoms with Crippen LogP contribution in [0.1, 0.15) is 39.5 Å². The first-order valence-corrected chi connectivity index (χ1v) is 10.7. The van der Waals surface area contributed by atoms with Crippen molar-refractivity contribution in [3.63, 3.8) is 0 Å². The van der Waals surface area contributed by atoms with Gasteiger partial charge in [0.05, 0.1) is 12.0 Å². The molecule has 0 saturated carbocycles. The molecule has 4 rings (SSSR count). The number of fused-ring (bicyclic) bond motifs is 2. The quantitative estimate of drug-likeness (QED) is 0.471. The van der Waals surface area contributed by atoms with Crippen LogP contribution in [-0.4, -0.2) is 58.8 Å². The van der Waals surface area contributed by atoms with E-state index in [0.717, 1.165) is 19.4 Å². The molecule has 0 aromatic heterocycles. The van der Waals surface area contributed by atoms with Gasteiger partial charge in [-0.2, -0.15) is 0 Å². The molecule has 7 atom stereocenters. The lowest BCUT2D eigenvalue weighted by Gasteiger charge is -2.57. The highest BCUT2D eigenvalue weighted by Crippen LogP contribution is 2.49. The standard InChI is InChI=1S/C17H29ClN2O4S/c1-4-10-5-11(8-19-7-10)14(22)20-16(2,18)9-17-6-12(23-17)13(21)15(24-17)25-3/h10-13,15,19,21H,4-9H2,1-3H3,(H,20,22)/t10?,11?,12?,13-,15+,16?,17?/m0/s1. The molecule has 0 spiro atoms. The summed E-state index contributed by atoms with van der Waals surface area (Å²) < 4.78 is 11.7. The summed E-state index contributed by atoms with van der Waals surface area (Å²) in [6.07, 6.45) is 3.99. The van der Waals surface area contributed by atoms with Crippen LogP contribution in [0.2, 0.25) is 0 Å². The molecule has 4 aliphatic heterocycles. The van der Waals surface area contributed by atoms with Gasteiger partial charge in [0.1, 0.15) is 16.5 Å². The first-order chi connectivity index (χ1) is 11.8. The maximum absolute atomic E-state index is 12.6. The number of carbonyl (C=O) groups is 1. The Morgan fingerprint density at radius 2 is 2.20 bits per heavy atom. The zero-order valence-corrected chi connectivity index (χ0v) is 16.7. The van der Waals surface area contributed by atoms with E-state index in [0.29, 0.717) is 25.3 Å². The molecule has 0 aromatic carbocycles. The third-order valence-electron chi connectivity index (χ3n) is 5.48. The fraction of sp³-hybridized carbons (Fsp3) is 0.941. The van der Waals surface area contributed by atoms with Crippen LogP contribution in [0.25, 0.3) is 0 Å². The molecule has 3 N–H and O–H groups in total. The van der Waals surface area contributed by atoms with Crippen molar-refractivity contribution < 1.29 is 19.4 Å². The minimum Gasteiger partial charge on any atom is -0.387 e. The Hall–Kier alpha value is -0.0500. The zero-order valence-electron chi connectivity index (χ0n) is 15.1. The van der Waals surface area contributed by atoms with E-state index in [2.05, 4.69) is 17.6 Å². The smallest absolute Gasteiger partial charge is 0.225 e. The van der Waals surface area contributed by atoms with E-state index >= 15 is 0 Å². The number of amides is 1. The summed E-state index contributed by atoms with van der Waals surface area (Å²) in [4.78, 5) is 11.7. The minimum atomic E-state index is -0.952. The van der Waals surface area contributed by atoms with E-state index in [1.165, 1.54) is 11.8 Å². The lowest BCUT2D eigenvalue weighted by Crippen LogP contribution is -2.68. The van der Waals surface area contributed by atoms with E-state index in [1.807, 2.05) is 6.26 Å². The fourth-order valence-electron chi connectivity index (χ4n) is 4.09. The van der Waals surface area contributed by atoms with E-state index in [1.54, 1.807) is 6.92 Å². The zero-order chi connectivity index (χ0) is 18.2. The number of alkyl halides is 1. The lowest BCUT2D eigenvalue weighted by atomic mass is 9.87. The van der Waals surface area contributed by atoms with Gasteiger partial charge in [-0.1, -0.05) is 24.9 Å². The van der Waals surface area contributed by atoms with Gasteiger partial charge in [0.2, 0.25) is 5.91 Å². The Balaban J connectivity index is 1.56. The molecule has 144 valence electrons. The Morgan fingerprint density at radius 1 is 1.48 bits per heavy atom. The monoisotopic (exact) mass is 392 g/mol. The topological polar surface area (TPSA) is 79.8 Å². The van der Waals surface area contributed by atoms with Crippen LogP contribution in [0.15, 0.2) is 0 Å². The predicted molar refractivity (Wildman–Crippen MR) is 98.4 cm³/mol. The van der Waals surface area contributed by atoms with Crippen molar-refractivity contribution in [2.75, 3.05) is 19.3 Å². The van der Waals surface area contributed by atoms with Crippen LogP contribution in [0.4, 0.5) is 0 Å². The summed E-state index contributed by atoms with van der Waals surface area (Å²) in [6.45, 7) is 5.60. The molecule has 1 amide bonds. The second kappa shape index (κ2) is 7.52. The summed E-state index contributed by atoms with van der Waals surface area (Å²) in [5, 5.41) is 16.4. The molecule has 5 unspecified atom stereocenters. The van der Waals surface area contributed by atoms with Crippen molar-refractivity contribution in [2.45, 2.75) is 68.0 Å².